The largest absolute Gasteiger partial charge is 0.368 e. The first-order valence-electron chi connectivity index (χ1n) is 6.80. The van der Waals surface area contributed by atoms with Crippen molar-refractivity contribution in [2.75, 3.05) is 25.5 Å². The number of benzene rings is 1. The van der Waals surface area contributed by atoms with Crippen molar-refractivity contribution >= 4 is 17.4 Å². The monoisotopic (exact) mass is 281 g/mol. The van der Waals surface area contributed by atoms with Crippen LogP contribution in [0.15, 0.2) is 36.5 Å². The number of rotatable bonds is 4. The van der Waals surface area contributed by atoms with Crippen molar-refractivity contribution in [3.8, 4) is 0 Å². The third-order valence-electron chi connectivity index (χ3n) is 3.51. The lowest BCUT2D eigenvalue weighted by Crippen LogP contribution is -2.25. The molecule has 0 bridgehead atoms. The number of ketones is 2. The van der Waals surface area contributed by atoms with Gasteiger partial charge in [-0.05, 0) is 13.1 Å². The van der Waals surface area contributed by atoms with E-state index in [1.54, 1.807) is 36.5 Å². The molecule has 0 spiro atoms. The fourth-order valence-electron chi connectivity index (χ4n) is 2.48. The number of carbonyl (C=O) groups is 2. The van der Waals surface area contributed by atoms with Crippen LogP contribution in [-0.4, -0.2) is 36.7 Å². The Morgan fingerprint density at radius 3 is 2.38 bits per heavy atom. The van der Waals surface area contributed by atoms with E-state index in [4.69, 9.17) is 0 Å². The number of hydrogen-bond donors (Lipinski definition) is 2. The maximum atomic E-state index is 12.7. The number of carbonyl (C=O) groups excluding carboxylic acids is 2. The Hall–Kier alpha value is -2.53. The molecule has 0 saturated heterocycles. The lowest BCUT2D eigenvalue weighted by atomic mass is 9.84. The molecular formula is C16H15N3O2. The average Bonchev–Trinajstić information content (AvgIpc) is 2.53. The Balaban J connectivity index is 2.08. The molecule has 0 aliphatic heterocycles. The van der Waals surface area contributed by atoms with Gasteiger partial charge in [0.2, 0.25) is 0 Å². The topological polar surface area (TPSA) is 71.1 Å². The quantitative estimate of drug-likeness (QED) is 0.709. The lowest BCUT2D eigenvalue weighted by molar-refractivity contribution is 0.0979. The first-order chi connectivity index (χ1) is 10.2. The van der Waals surface area contributed by atoms with E-state index in [-0.39, 0.29) is 11.6 Å². The lowest BCUT2D eigenvalue weighted by Gasteiger charge is -2.19. The molecule has 3 rings (SSSR count). The van der Waals surface area contributed by atoms with Gasteiger partial charge in [-0.25, -0.2) is 4.98 Å². The van der Waals surface area contributed by atoms with E-state index in [0.29, 0.717) is 34.6 Å². The van der Waals surface area contributed by atoms with Gasteiger partial charge in [0, 0.05) is 36.0 Å². The number of likely N-dealkylation sites (N-methyl/N-ethyl adjacent to an activating group) is 1. The van der Waals surface area contributed by atoms with Crippen LogP contribution in [0.4, 0.5) is 5.82 Å². The summed E-state index contributed by atoms with van der Waals surface area (Å²) in [7, 11) is 1.85. The van der Waals surface area contributed by atoms with E-state index >= 15 is 0 Å². The number of nitrogens with zero attached hydrogens (tertiary/aromatic N) is 1. The first-order valence-corrected chi connectivity index (χ1v) is 6.80. The summed E-state index contributed by atoms with van der Waals surface area (Å²) in [6, 6.07) is 8.51. The molecule has 1 heterocycles. The van der Waals surface area contributed by atoms with Gasteiger partial charge in [0.05, 0.1) is 5.56 Å². The van der Waals surface area contributed by atoms with Crippen LogP contribution in [0.3, 0.4) is 0 Å². The summed E-state index contributed by atoms with van der Waals surface area (Å²) < 4.78 is 0. The SMILES string of the molecule is CNCCNc1nccc2c1C(=O)c1ccccc1C2=O. The van der Waals surface area contributed by atoms with Crippen molar-refractivity contribution in [1.82, 2.24) is 10.3 Å². The van der Waals surface area contributed by atoms with Gasteiger partial charge in [-0.2, -0.15) is 0 Å². The molecule has 21 heavy (non-hydrogen) atoms. The molecule has 0 fully saturated rings. The minimum atomic E-state index is -0.153. The van der Waals surface area contributed by atoms with Crippen LogP contribution in [-0.2, 0) is 0 Å². The molecule has 1 aromatic heterocycles. The Kier molecular flexibility index (Phi) is 3.50. The second kappa shape index (κ2) is 5.46. The standard InChI is InChI=1S/C16H15N3O2/c1-17-8-9-19-16-13-12(6-7-18-16)14(20)10-4-2-3-5-11(10)15(13)21/h2-7,17H,8-9H2,1H3,(H,18,19). The molecule has 0 saturated carbocycles. The van der Waals surface area contributed by atoms with E-state index in [1.165, 1.54) is 0 Å². The first kappa shape index (κ1) is 13.5. The van der Waals surface area contributed by atoms with Crippen LogP contribution in [0.1, 0.15) is 31.8 Å². The third-order valence-corrected chi connectivity index (χ3v) is 3.51. The second-order valence-electron chi connectivity index (χ2n) is 4.82. The maximum Gasteiger partial charge on any atom is 0.198 e. The van der Waals surface area contributed by atoms with E-state index < -0.39 is 0 Å². The molecule has 5 heteroatoms. The van der Waals surface area contributed by atoms with Crippen LogP contribution in [0.2, 0.25) is 0 Å². The highest BCUT2D eigenvalue weighted by molar-refractivity contribution is 6.29. The van der Waals surface area contributed by atoms with Crippen LogP contribution in [0, 0.1) is 0 Å². The summed E-state index contributed by atoms with van der Waals surface area (Å²) in [6.45, 7) is 1.37. The van der Waals surface area contributed by atoms with Crippen molar-refractivity contribution in [3.05, 3.63) is 58.8 Å². The van der Waals surface area contributed by atoms with Gasteiger partial charge in [-0.1, -0.05) is 24.3 Å². The summed E-state index contributed by atoms with van der Waals surface area (Å²) in [5.41, 5.74) is 1.69. The van der Waals surface area contributed by atoms with E-state index in [2.05, 4.69) is 15.6 Å². The predicted molar refractivity (Wildman–Crippen MR) is 80.0 cm³/mol. The fourth-order valence-corrected chi connectivity index (χ4v) is 2.48. The summed E-state index contributed by atoms with van der Waals surface area (Å²) in [5.74, 6) is 0.190. The summed E-state index contributed by atoms with van der Waals surface area (Å²) in [6.07, 6.45) is 1.56. The van der Waals surface area contributed by atoms with Crippen LogP contribution in [0.25, 0.3) is 0 Å². The van der Waals surface area contributed by atoms with Gasteiger partial charge in [0.15, 0.2) is 11.6 Å². The number of fused-ring (bicyclic) bond motifs is 2. The predicted octanol–water partition coefficient (Wildman–Crippen LogP) is 1.49. The Bertz CT molecular complexity index is 725. The van der Waals surface area contributed by atoms with Gasteiger partial charge in [-0.15, -0.1) is 0 Å². The zero-order valence-corrected chi connectivity index (χ0v) is 11.6. The van der Waals surface area contributed by atoms with Gasteiger partial charge in [0.1, 0.15) is 5.82 Å². The smallest absolute Gasteiger partial charge is 0.198 e. The highest BCUT2D eigenvalue weighted by Crippen LogP contribution is 2.30. The molecule has 0 radical (unpaired) electrons. The van der Waals surface area contributed by atoms with Crippen molar-refractivity contribution in [1.29, 1.82) is 0 Å². The van der Waals surface area contributed by atoms with Crippen LogP contribution in [0.5, 0.6) is 0 Å². The summed E-state index contributed by atoms with van der Waals surface area (Å²) in [5, 5.41) is 6.12. The summed E-state index contributed by atoms with van der Waals surface area (Å²) in [4.78, 5) is 29.4. The zero-order valence-electron chi connectivity index (χ0n) is 11.6. The van der Waals surface area contributed by atoms with Gasteiger partial charge >= 0.3 is 0 Å². The highest BCUT2D eigenvalue weighted by Gasteiger charge is 2.31. The average molecular weight is 281 g/mol. The number of aromatic nitrogens is 1. The Morgan fingerprint density at radius 1 is 0.952 bits per heavy atom. The van der Waals surface area contributed by atoms with E-state index in [0.717, 1.165) is 6.54 Å². The minimum Gasteiger partial charge on any atom is -0.368 e. The van der Waals surface area contributed by atoms with Gasteiger partial charge in [-0.3, -0.25) is 9.59 Å². The molecular weight excluding hydrogens is 266 g/mol. The minimum absolute atomic E-state index is 0.126. The Labute approximate surface area is 122 Å². The van der Waals surface area contributed by atoms with Crippen molar-refractivity contribution in [3.63, 3.8) is 0 Å². The maximum absolute atomic E-state index is 12.7. The molecule has 2 N–H and O–H groups in total. The molecule has 5 nitrogen and oxygen atoms in total. The molecule has 106 valence electrons. The van der Waals surface area contributed by atoms with Gasteiger partial charge in [0.25, 0.3) is 0 Å². The molecule has 0 atom stereocenters. The molecule has 1 aromatic carbocycles. The summed E-state index contributed by atoms with van der Waals surface area (Å²) >= 11 is 0. The number of hydrogen-bond acceptors (Lipinski definition) is 5. The number of anilines is 1. The van der Waals surface area contributed by atoms with Gasteiger partial charge < -0.3 is 10.6 Å². The molecule has 0 unspecified atom stereocenters. The van der Waals surface area contributed by atoms with Crippen molar-refractivity contribution in [2.45, 2.75) is 0 Å². The number of pyridine rings is 1. The third kappa shape index (κ3) is 2.21. The molecule has 0 amide bonds. The van der Waals surface area contributed by atoms with Crippen LogP contribution < -0.4 is 10.6 Å². The number of nitrogens with one attached hydrogen (secondary N) is 2. The Morgan fingerprint density at radius 2 is 1.67 bits per heavy atom. The normalized spacial score (nSPS) is 12.8. The fraction of sp³-hybridized carbons (Fsp3) is 0.188. The molecule has 2 aromatic rings. The van der Waals surface area contributed by atoms with Crippen molar-refractivity contribution in [2.24, 2.45) is 0 Å². The zero-order chi connectivity index (χ0) is 14.8. The van der Waals surface area contributed by atoms with Crippen molar-refractivity contribution < 1.29 is 9.59 Å². The van der Waals surface area contributed by atoms with Crippen LogP contribution >= 0.6 is 0 Å². The molecule has 1 aliphatic rings. The van der Waals surface area contributed by atoms with E-state index in [9.17, 15) is 9.59 Å². The molecule has 1 aliphatic carbocycles. The second-order valence-corrected chi connectivity index (χ2v) is 4.82. The van der Waals surface area contributed by atoms with E-state index in [1.807, 2.05) is 7.05 Å². The highest BCUT2D eigenvalue weighted by atomic mass is 16.1.